The first kappa shape index (κ1) is 41.2. The highest BCUT2D eigenvalue weighted by Gasteiger charge is 2.50. The Morgan fingerprint density at radius 2 is 1.57 bits per heavy atom. The summed E-state index contributed by atoms with van der Waals surface area (Å²) < 4.78 is 10.3. The molecule has 0 radical (unpaired) electrons. The number of rotatable bonds is 11. The van der Waals surface area contributed by atoms with Gasteiger partial charge in [-0.05, 0) is 112 Å². The first-order valence-electron chi connectivity index (χ1n) is 18.3. The topological polar surface area (TPSA) is 71.1 Å². The first-order valence-corrected chi connectivity index (χ1v) is 19.5. The largest absolute Gasteiger partial charge is 0.493 e. The Labute approximate surface area is 335 Å². The fourth-order valence-corrected chi connectivity index (χ4v) is 7.48. The van der Waals surface area contributed by atoms with E-state index in [1.54, 1.807) is 18.7 Å². The Kier molecular flexibility index (Phi) is 13.1. The number of ether oxygens (including phenoxy) is 2. The highest BCUT2D eigenvalue weighted by Crippen LogP contribution is 2.43. The van der Waals surface area contributed by atoms with Crippen LogP contribution in [0.1, 0.15) is 72.1 Å². The van der Waals surface area contributed by atoms with Crippen molar-refractivity contribution in [3.8, 4) is 5.75 Å². The molecule has 2 fully saturated rings. The van der Waals surface area contributed by atoms with Gasteiger partial charge in [-0.2, -0.15) is 0 Å². The van der Waals surface area contributed by atoms with Gasteiger partial charge < -0.3 is 19.7 Å². The second-order valence-corrected chi connectivity index (χ2v) is 17.3. The van der Waals surface area contributed by atoms with Crippen molar-refractivity contribution in [1.82, 2.24) is 15.1 Å². The molecule has 0 spiro atoms. The number of alkyl halides is 3. The minimum absolute atomic E-state index is 0. The van der Waals surface area contributed by atoms with Gasteiger partial charge in [-0.1, -0.05) is 95.5 Å². The van der Waals surface area contributed by atoms with Gasteiger partial charge >= 0.3 is 6.09 Å². The Balaban J connectivity index is 0.00000541. The lowest BCUT2D eigenvalue weighted by Crippen LogP contribution is -2.64. The molecule has 3 aromatic carbocycles. The lowest BCUT2D eigenvalue weighted by Gasteiger charge is -2.48. The third-order valence-electron chi connectivity index (χ3n) is 11.0. The fraction of sp³-hybridized carbons (Fsp3) is 0.476. The van der Waals surface area contributed by atoms with Crippen LogP contribution in [0.3, 0.4) is 0 Å². The Morgan fingerprint density at radius 3 is 2.23 bits per heavy atom. The number of amides is 2. The number of carbonyl (C=O) groups excluding carboxylic acids is 2. The van der Waals surface area contributed by atoms with E-state index in [2.05, 4.69) is 81.5 Å². The van der Waals surface area contributed by atoms with Crippen LogP contribution in [-0.4, -0.2) is 75.6 Å². The van der Waals surface area contributed by atoms with Gasteiger partial charge in [0, 0.05) is 37.7 Å². The van der Waals surface area contributed by atoms with Gasteiger partial charge in [0.1, 0.15) is 5.75 Å². The second-order valence-electron chi connectivity index (χ2n) is 15.1. The number of hydrogen-bond donors (Lipinski definition) is 1. The maximum atomic E-state index is 15.0. The minimum Gasteiger partial charge on any atom is -0.493 e. The Morgan fingerprint density at radius 1 is 0.887 bits per heavy atom. The van der Waals surface area contributed by atoms with E-state index in [1.165, 1.54) is 22.3 Å². The monoisotopic (exact) mass is 801 g/mol. The van der Waals surface area contributed by atoms with Gasteiger partial charge in [0.05, 0.1) is 18.7 Å². The van der Waals surface area contributed by atoms with Gasteiger partial charge in [0.15, 0.2) is 5.60 Å². The van der Waals surface area contributed by atoms with Gasteiger partial charge in [-0.3, -0.25) is 9.69 Å². The van der Waals surface area contributed by atoms with Crippen LogP contribution >= 0.6 is 47.2 Å². The Bertz CT molecular complexity index is 1830. The van der Waals surface area contributed by atoms with E-state index >= 15 is 0 Å². The third kappa shape index (κ3) is 9.13. The summed E-state index contributed by atoms with van der Waals surface area (Å²) >= 11 is 18.7. The molecule has 1 saturated carbocycles. The molecule has 1 N–H and O–H groups in total. The molecular formula is C42H51Cl4N3O4. The first-order chi connectivity index (χ1) is 24.7. The molecule has 6 rings (SSSR count). The SMILES string of the molecule is Cc1ccccc1CCN(C(=O)C1=C(c2ccc(CCOc3c(C)ccc(C)c3C)cc2)CC2CNCC1N2C(=O)OC(C)(C)C(Cl)(Cl)Cl)C1CC1.Cl. The molecule has 2 aliphatic heterocycles. The van der Waals surface area contributed by atoms with Crippen LogP contribution in [0.15, 0.2) is 66.2 Å². The lowest BCUT2D eigenvalue weighted by atomic mass is 9.81. The predicted octanol–water partition coefficient (Wildman–Crippen LogP) is 9.28. The van der Waals surface area contributed by atoms with Crippen LogP contribution in [0.2, 0.25) is 0 Å². The lowest BCUT2D eigenvalue weighted by molar-refractivity contribution is -0.128. The fourth-order valence-electron chi connectivity index (χ4n) is 7.36. The molecule has 53 heavy (non-hydrogen) atoms. The Hall–Kier alpha value is -2.94. The highest BCUT2D eigenvalue weighted by atomic mass is 35.6. The van der Waals surface area contributed by atoms with E-state index in [0.717, 1.165) is 53.7 Å². The van der Waals surface area contributed by atoms with Gasteiger partial charge in [-0.25, -0.2) is 4.79 Å². The van der Waals surface area contributed by atoms with Crippen LogP contribution in [-0.2, 0) is 22.4 Å². The molecule has 2 atom stereocenters. The van der Waals surface area contributed by atoms with Crippen molar-refractivity contribution in [3.05, 3.63) is 105 Å². The molecule has 11 heteroatoms. The summed E-state index contributed by atoms with van der Waals surface area (Å²) in [4.78, 5) is 32.7. The smallest absolute Gasteiger partial charge is 0.411 e. The highest BCUT2D eigenvalue weighted by molar-refractivity contribution is 6.68. The van der Waals surface area contributed by atoms with E-state index in [0.29, 0.717) is 38.2 Å². The number of halogens is 4. The van der Waals surface area contributed by atoms with E-state index in [9.17, 15) is 9.59 Å². The van der Waals surface area contributed by atoms with E-state index < -0.39 is 21.5 Å². The summed E-state index contributed by atoms with van der Waals surface area (Å²) in [7, 11) is 0. The summed E-state index contributed by atoms with van der Waals surface area (Å²) in [5.74, 6) is 0.924. The quantitative estimate of drug-likeness (QED) is 0.196. The van der Waals surface area contributed by atoms with Crippen LogP contribution < -0.4 is 10.1 Å². The molecule has 2 heterocycles. The summed E-state index contributed by atoms with van der Waals surface area (Å²) in [5.41, 5.74) is 8.30. The zero-order valence-corrected chi connectivity index (χ0v) is 34.5. The number of nitrogens with zero attached hydrogens (tertiary/aromatic N) is 2. The van der Waals surface area contributed by atoms with Crippen LogP contribution in [0.25, 0.3) is 5.57 Å². The summed E-state index contributed by atoms with van der Waals surface area (Å²) in [6.45, 7) is 13.7. The number of hydrogen-bond acceptors (Lipinski definition) is 5. The molecule has 7 nitrogen and oxygen atoms in total. The van der Waals surface area contributed by atoms with Gasteiger partial charge in [-0.15, -0.1) is 12.4 Å². The number of piperazine rings is 1. The maximum Gasteiger partial charge on any atom is 0.411 e. The zero-order valence-electron chi connectivity index (χ0n) is 31.4. The molecule has 1 saturated heterocycles. The molecule has 286 valence electrons. The van der Waals surface area contributed by atoms with Crippen molar-refractivity contribution in [2.75, 3.05) is 26.2 Å². The molecule has 3 aliphatic rings. The number of benzene rings is 3. The van der Waals surface area contributed by atoms with Gasteiger partial charge in [0.25, 0.3) is 5.91 Å². The zero-order chi connectivity index (χ0) is 37.4. The van der Waals surface area contributed by atoms with Crippen LogP contribution in [0.5, 0.6) is 5.75 Å². The van der Waals surface area contributed by atoms with Crippen molar-refractivity contribution in [3.63, 3.8) is 0 Å². The molecular weight excluding hydrogens is 752 g/mol. The van der Waals surface area contributed by atoms with Crippen molar-refractivity contribution < 1.29 is 19.1 Å². The predicted molar refractivity (Wildman–Crippen MR) is 218 cm³/mol. The normalized spacial score (nSPS) is 18.7. The average molecular weight is 804 g/mol. The van der Waals surface area contributed by atoms with Crippen molar-refractivity contribution in [2.45, 2.75) is 101 Å². The van der Waals surface area contributed by atoms with Crippen molar-refractivity contribution in [1.29, 1.82) is 0 Å². The summed E-state index contributed by atoms with van der Waals surface area (Å²) in [5, 5.41) is 3.48. The number of carbonyl (C=O) groups is 2. The summed E-state index contributed by atoms with van der Waals surface area (Å²) in [6.07, 6.45) is 3.33. The van der Waals surface area contributed by atoms with E-state index in [-0.39, 0.29) is 30.4 Å². The molecule has 2 amide bonds. The van der Waals surface area contributed by atoms with Gasteiger partial charge in [0.2, 0.25) is 3.79 Å². The third-order valence-corrected chi connectivity index (χ3v) is 12.3. The van der Waals surface area contributed by atoms with E-state index in [1.807, 2.05) is 17.0 Å². The van der Waals surface area contributed by atoms with Crippen molar-refractivity contribution in [2.24, 2.45) is 0 Å². The standard InChI is InChI=1S/C42H50Cl3N3O4.ClH/c1-26-11-12-28(3)38(29(26)4)51-22-20-30-13-15-32(16-14-30)35-23-34-24-46-25-36(48(34)40(50)52-41(5,6)42(43,44)45)37(35)39(49)47(33-17-18-33)21-19-31-10-8-7-9-27(31)2;/h7-16,33-34,36,46H,17-25H2,1-6H3;1H. The van der Waals surface area contributed by atoms with Crippen molar-refractivity contribution >= 4 is 64.8 Å². The number of fused-ring (bicyclic) bond motifs is 2. The van der Waals surface area contributed by atoms with E-state index in [4.69, 9.17) is 44.3 Å². The summed E-state index contributed by atoms with van der Waals surface area (Å²) in [6, 6.07) is 20.4. The minimum atomic E-state index is -1.84. The maximum absolute atomic E-state index is 15.0. The second kappa shape index (κ2) is 16.8. The molecule has 0 aromatic heterocycles. The molecule has 1 aliphatic carbocycles. The van der Waals surface area contributed by atoms with Crippen LogP contribution in [0, 0.1) is 27.7 Å². The molecule has 3 aromatic rings. The number of aryl methyl sites for hydroxylation is 3. The number of nitrogens with one attached hydrogen (secondary N) is 1. The average Bonchev–Trinajstić information content (AvgIpc) is 3.93. The molecule has 2 unspecified atom stereocenters. The van der Waals surface area contributed by atoms with Crippen LogP contribution in [0.4, 0.5) is 4.79 Å². The molecule has 2 bridgehead atoms.